The normalized spacial score (nSPS) is 13.7. The molecule has 22 heavy (non-hydrogen) atoms. The van der Waals surface area contributed by atoms with E-state index >= 15 is 0 Å². The van der Waals surface area contributed by atoms with Gasteiger partial charge in [0.05, 0.1) is 11.6 Å². The molecule has 0 amide bonds. The molecule has 0 unspecified atom stereocenters. The van der Waals surface area contributed by atoms with Gasteiger partial charge >= 0.3 is 6.36 Å². The van der Waals surface area contributed by atoms with Gasteiger partial charge in [-0.1, -0.05) is 23.7 Å². The summed E-state index contributed by atoms with van der Waals surface area (Å²) in [6.07, 6.45) is -3.99. The first-order valence-electron chi connectivity index (χ1n) is 6.35. The Labute approximate surface area is 137 Å². The molecule has 0 N–H and O–H groups in total. The highest BCUT2D eigenvalue weighted by Crippen LogP contribution is 2.44. The van der Waals surface area contributed by atoms with Crippen molar-refractivity contribution < 1.29 is 22.6 Å². The molecule has 1 aliphatic heterocycles. The summed E-state index contributed by atoms with van der Waals surface area (Å²) in [5, 5.41) is 0.605. The highest BCUT2D eigenvalue weighted by molar-refractivity contribution is 9.10. The van der Waals surface area contributed by atoms with Gasteiger partial charge < -0.3 is 9.47 Å². The highest BCUT2D eigenvalue weighted by Gasteiger charge is 2.31. The third-order valence-corrected chi connectivity index (χ3v) is 4.55. The Bertz CT molecular complexity index is 714. The van der Waals surface area contributed by atoms with Gasteiger partial charge in [-0.3, -0.25) is 0 Å². The zero-order valence-electron chi connectivity index (χ0n) is 11.0. The average molecular weight is 394 g/mol. The summed E-state index contributed by atoms with van der Waals surface area (Å²) in [7, 11) is 0. The number of benzene rings is 2. The van der Waals surface area contributed by atoms with E-state index in [0.717, 1.165) is 21.2 Å². The summed E-state index contributed by atoms with van der Waals surface area (Å²) in [5.74, 6) is 0.416. The van der Waals surface area contributed by atoms with Crippen LogP contribution in [0.3, 0.4) is 0 Å². The van der Waals surface area contributed by atoms with Gasteiger partial charge in [0.2, 0.25) is 0 Å². The molecule has 2 nitrogen and oxygen atoms in total. The second-order valence-corrected chi connectivity index (χ2v) is 5.93. The lowest BCUT2D eigenvalue weighted by Crippen LogP contribution is -2.16. The molecule has 2 aromatic carbocycles. The van der Waals surface area contributed by atoms with E-state index in [9.17, 15) is 13.2 Å². The zero-order valence-corrected chi connectivity index (χ0v) is 13.3. The number of fused-ring (bicyclic) bond motifs is 1. The van der Waals surface area contributed by atoms with Crippen molar-refractivity contribution in [3.05, 3.63) is 45.4 Å². The van der Waals surface area contributed by atoms with E-state index in [2.05, 4.69) is 20.7 Å². The van der Waals surface area contributed by atoms with Crippen LogP contribution in [0.15, 0.2) is 34.8 Å². The first-order chi connectivity index (χ1) is 10.3. The average Bonchev–Trinajstić information content (AvgIpc) is 2.92. The van der Waals surface area contributed by atoms with E-state index in [-0.39, 0.29) is 5.75 Å². The fourth-order valence-corrected chi connectivity index (χ4v) is 3.06. The Balaban J connectivity index is 1.99. The lowest BCUT2D eigenvalue weighted by molar-refractivity contribution is -0.274. The van der Waals surface area contributed by atoms with Crippen molar-refractivity contribution in [2.45, 2.75) is 12.8 Å². The molecule has 0 saturated carbocycles. The van der Waals surface area contributed by atoms with Crippen LogP contribution in [-0.4, -0.2) is 13.0 Å². The van der Waals surface area contributed by atoms with Gasteiger partial charge in [-0.05, 0) is 39.7 Å². The smallest absolute Gasteiger partial charge is 0.492 e. The molecule has 0 saturated heterocycles. The molecule has 0 aliphatic carbocycles. The van der Waals surface area contributed by atoms with Crippen LogP contribution in [0.4, 0.5) is 13.2 Å². The van der Waals surface area contributed by atoms with Gasteiger partial charge in [-0.25, -0.2) is 0 Å². The SMILES string of the molecule is FC(F)(F)Oc1ccc(-c2cc(Br)c(Cl)c3c2OCC3)cc1. The maximum Gasteiger partial charge on any atom is 0.573 e. The zero-order chi connectivity index (χ0) is 15.9. The fourth-order valence-electron chi connectivity index (χ4n) is 2.36. The maximum atomic E-state index is 12.2. The molecule has 1 aliphatic rings. The summed E-state index contributed by atoms with van der Waals surface area (Å²) in [6, 6.07) is 7.45. The molecular formula is C15H9BrClF3O2. The number of hydrogen-bond donors (Lipinski definition) is 0. The monoisotopic (exact) mass is 392 g/mol. The molecule has 3 rings (SSSR count). The van der Waals surface area contributed by atoms with Crippen molar-refractivity contribution in [3.8, 4) is 22.6 Å². The second kappa shape index (κ2) is 5.66. The molecule has 0 spiro atoms. The van der Waals surface area contributed by atoms with E-state index in [1.165, 1.54) is 12.1 Å². The van der Waals surface area contributed by atoms with E-state index in [1.807, 2.05) is 0 Å². The van der Waals surface area contributed by atoms with Crippen LogP contribution >= 0.6 is 27.5 Å². The van der Waals surface area contributed by atoms with E-state index in [4.69, 9.17) is 16.3 Å². The Hall–Kier alpha value is -1.40. The highest BCUT2D eigenvalue weighted by atomic mass is 79.9. The third kappa shape index (κ3) is 3.03. The van der Waals surface area contributed by atoms with Crippen LogP contribution in [0.2, 0.25) is 5.02 Å². The summed E-state index contributed by atoms with van der Waals surface area (Å²) < 4.78 is 46.7. The van der Waals surface area contributed by atoms with E-state index in [0.29, 0.717) is 23.8 Å². The first-order valence-corrected chi connectivity index (χ1v) is 7.52. The summed E-state index contributed by atoms with van der Waals surface area (Å²) >= 11 is 9.61. The standard InChI is InChI=1S/C15H9BrClF3O2/c16-12-7-11(14-10(13(12)17)5-6-21-14)8-1-3-9(4-2-8)22-15(18,19)20/h1-4,7H,5-6H2. The molecule has 1 heterocycles. The first kappa shape index (κ1) is 15.5. The second-order valence-electron chi connectivity index (χ2n) is 4.70. The Kier molecular flexibility index (Phi) is 3.99. The number of hydrogen-bond acceptors (Lipinski definition) is 2. The van der Waals surface area contributed by atoms with E-state index in [1.54, 1.807) is 18.2 Å². The number of rotatable bonds is 2. The molecule has 116 valence electrons. The molecule has 7 heteroatoms. The Morgan fingerprint density at radius 1 is 1.18 bits per heavy atom. The van der Waals surface area contributed by atoms with Crippen LogP contribution in [0.5, 0.6) is 11.5 Å². The predicted octanol–water partition coefficient (Wildman–Crippen LogP) is 5.60. The molecule has 0 bridgehead atoms. The predicted molar refractivity (Wildman–Crippen MR) is 80.5 cm³/mol. The van der Waals surface area contributed by atoms with Crippen LogP contribution in [0.1, 0.15) is 5.56 Å². The maximum absolute atomic E-state index is 12.2. The van der Waals surface area contributed by atoms with Crippen molar-refractivity contribution in [3.63, 3.8) is 0 Å². The minimum Gasteiger partial charge on any atom is -0.492 e. The van der Waals surface area contributed by atoms with Crippen LogP contribution in [0.25, 0.3) is 11.1 Å². The fraction of sp³-hybridized carbons (Fsp3) is 0.200. The minimum atomic E-state index is -4.70. The van der Waals surface area contributed by atoms with Crippen molar-refractivity contribution in [2.75, 3.05) is 6.61 Å². The Morgan fingerprint density at radius 2 is 1.86 bits per heavy atom. The minimum absolute atomic E-state index is 0.262. The molecule has 0 radical (unpaired) electrons. The quantitative estimate of drug-likeness (QED) is 0.661. The lowest BCUT2D eigenvalue weighted by atomic mass is 10.0. The van der Waals surface area contributed by atoms with Crippen molar-refractivity contribution in [2.24, 2.45) is 0 Å². The third-order valence-electron chi connectivity index (χ3n) is 3.26. The number of halogens is 5. The topological polar surface area (TPSA) is 18.5 Å². The number of alkyl halides is 3. The summed E-state index contributed by atoms with van der Waals surface area (Å²) in [6.45, 7) is 0.535. The molecular weight excluding hydrogens is 385 g/mol. The van der Waals surface area contributed by atoms with Crippen LogP contribution < -0.4 is 9.47 Å². The van der Waals surface area contributed by atoms with Crippen molar-refractivity contribution in [1.29, 1.82) is 0 Å². The van der Waals surface area contributed by atoms with Gasteiger partial charge in [0.15, 0.2) is 0 Å². The van der Waals surface area contributed by atoms with E-state index < -0.39 is 6.36 Å². The van der Waals surface area contributed by atoms with Gasteiger partial charge in [0.25, 0.3) is 0 Å². The van der Waals surface area contributed by atoms with Crippen molar-refractivity contribution in [1.82, 2.24) is 0 Å². The lowest BCUT2D eigenvalue weighted by Gasteiger charge is -2.12. The summed E-state index contributed by atoms with van der Waals surface area (Å²) in [5.41, 5.74) is 2.41. The summed E-state index contributed by atoms with van der Waals surface area (Å²) in [4.78, 5) is 0. The van der Waals surface area contributed by atoms with Gasteiger partial charge in [0.1, 0.15) is 11.5 Å². The van der Waals surface area contributed by atoms with Crippen LogP contribution in [0, 0.1) is 0 Å². The van der Waals surface area contributed by atoms with Crippen LogP contribution in [-0.2, 0) is 6.42 Å². The molecule has 0 atom stereocenters. The molecule has 0 fully saturated rings. The molecule has 0 aromatic heterocycles. The Morgan fingerprint density at radius 3 is 2.50 bits per heavy atom. The largest absolute Gasteiger partial charge is 0.573 e. The van der Waals surface area contributed by atoms with Gasteiger partial charge in [-0.2, -0.15) is 0 Å². The molecule has 2 aromatic rings. The van der Waals surface area contributed by atoms with Gasteiger partial charge in [0, 0.05) is 22.0 Å². The van der Waals surface area contributed by atoms with Gasteiger partial charge in [-0.15, -0.1) is 13.2 Å². The van der Waals surface area contributed by atoms with Crippen molar-refractivity contribution >= 4 is 27.5 Å². The number of ether oxygens (including phenoxy) is 2.